The number of nitrogens with one attached hydrogen (secondary N) is 2. The average Bonchev–Trinajstić information content (AvgIpc) is 3.16. The molecule has 0 saturated heterocycles. The Morgan fingerprint density at radius 2 is 2.05 bits per heavy atom. The van der Waals surface area contributed by atoms with Crippen LogP contribution in [0.4, 0.5) is 10.5 Å². The summed E-state index contributed by atoms with van der Waals surface area (Å²) in [7, 11) is 0. The molecular formula is C15H18N2O3. The summed E-state index contributed by atoms with van der Waals surface area (Å²) in [4.78, 5) is 22.1. The van der Waals surface area contributed by atoms with E-state index in [0.717, 1.165) is 24.5 Å². The maximum absolute atomic E-state index is 11.7. The van der Waals surface area contributed by atoms with Gasteiger partial charge in [-0.2, -0.15) is 0 Å². The van der Waals surface area contributed by atoms with Gasteiger partial charge in [-0.25, -0.2) is 9.59 Å². The molecule has 106 valence electrons. The smallest absolute Gasteiger partial charge is 0.328 e. The Balaban J connectivity index is 1.84. The van der Waals surface area contributed by atoms with Crippen LogP contribution in [-0.4, -0.2) is 23.1 Å². The van der Waals surface area contributed by atoms with E-state index in [2.05, 4.69) is 17.6 Å². The van der Waals surface area contributed by atoms with Crippen molar-refractivity contribution in [1.82, 2.24) is 5.32 Å². The van der Waals surface area contributed by atoms with Crippen molar-refractivity contribution in [3.8, 4) is 0 Å². The number of anilines is 1. The number of carbonyl (C=O) groups is 2. The number of hydrogen-bond acceptors (Lipinski definition) is 2. The topological polar surface area (TPSA) is 78.4 Å². The van der Waals surface area contributed by atoms with E-state index < -0.39 is 5.97 Å². The van der Waals surface area contributed by atoms with Gasteiger partial charge in [0.2, 0.25) is 0 Å². The largest absolute Gasteiger partial charge is 0.478 e. The number of urea groups is 1. The van der Waals surface area contributed by atoms with Gasteiger partial charge in [0, 0.05) is 17.8 Å². The van der Waals surface area contributed by atoms with E-state index in [1.165, 1.54) is 6.08 Å². The SMILES string of the molecule is CCC1CC1NC(=O)Nc1ccc(/C=C/C(=O)O)cc1. The molecule has 0 heterocycles. The van der Waals surface area contributed by atoms with Crippen molar-refractivity contribution < 1.29 is 14.7 Å². The fraction of sp³-hybridized carbons (Fsp3) is 0.333. The zero-order valence-electron chi connectivity index (χ0n) is 11.3. The van der Waals surface area contributed by atoms with Gasteiger partial charge in [-0.1, -0.05) is 25.5 Å². The minimum Gasteiger partial charge on any atom is -0.478 e. The fourth-order valence-electron chi connectivity index (χ4n) is 2.06. The van der Waals surface area contributed by atoms with E-state index in [0.29, 0.717) is 17.6 Å². The molecule has 0 aromatic heterocycles. The van der Waals surface area contributed by atoms with Crippen LogP contribution in [-0.2, 0) is 4.79 Å². The molecular weight excluding hydrogens is 256 g/mol. The van der Waals surface area contributed by atoms with Crippen LogP contribution in [0.1, 0.15) is 25.3 Å². The Morgan fingerprint density at radius 1 is 1.35 bits per heavy atom. The molecule has 0 aliphatic heterocycles. The Kier molecular flexibility index (Phi) is 4.40. The highest BCUT2D eigenvalue weighted by Gasteiger charge is 2.36. The lowest BCUT2D eigenvalue weighted by Crippen LogP contribution is -2.31. The number of benzene rings is 1. The molecule has 0 spiro atoms. The molecule has 1 aromatic carbocycles. The van der Waals surface area contributed by atoms with Gasteiger partial charge in [-0.3, -0.25) is 0 Å². The standard InChI is InChI=1S/C15H18N2O3/c1-2-11-9-13(11)17-15(20)16-12-6-3-10(4-7-12)5-8-14(18)19/h3-8,11,13H,2,9H2,1H3,(H,18,19)(H2,16,17,20)/b8-5+. The fourth-order valence-corrected chi connectivity index (χ4v) is 2.06. The zero-order chi connectivity index (χ0) is 14.5. The average molecular weight is 274 g/mol. The molecule has 1 aliphatic rings. The van der Waals surface area contributed by atoms with Crippen LogP contribution in [0.5, 0.6) is 0 Å². The van der Waals surface area contributed by atoms with Crippen LogP contribution >= 0.6 is 0 Å². The summed E-state index contributed by atoms with van der Waals surface area (Å²) < 4.78 is 0. The van der Waals surface area contributed by atoms with Gasteiger partial charge >= 0.3 is 12.0 Å². The van der Waals surface area contributed by atoms with Crippen LogP contribution in [0, 0.1) is 5.92 Å². The first kappa shape index (κ1) is 14.1. The summed E-state index contributed by atoms with van der Waals surface area (Å²) in [6, 6.07) is 7.09. The van der Waals surface area contributed by atoms with Crippen LogP contribution in [0.25, 0.3) is 6.08 Å². The minimum atomic E-state index is -0.985. The minimum absolute atomic E-state index is 0.195. The molecule has 0 bridgehead atoms. The third-order valence-corrected chi connectivity index (χ3v) is 3.35. The first-order valence-corrected chi connectivity index (χ1v) is 6.67. The Hall–Kier alpha value is -2.30. The zero-order valence-corrected chi connectivity index (χ0v) is 11.3. The second kappa shape index (κ2) is 6.23. The predicted octanol–water partition coefficient (Wildman–Crippen LogP) is 2.70. The number of carboxylic acid groups (broad SMARTS) is 1. The van der Waals surface area contributed by atoms with Crippen molar-refractivity contribution in [3.05, 3.63) is 35.9 Å². The quantitative estimate of drug-likeness (QED) is 0.722. The van der Waals surface area contributed by atoms with Gasteiger partial charge in [-0.15, -0.1) is 0 Å². The Labute approximate surface area is 117 Å². The highest BCUT2D eigenvalue weighted by Crippen LogP contribution is 2.33. The van der Waals surface area contributed by atoms with Crippen LogP contribution in [0.15, 0.2) is 30.3 Å². The van der Waals surface area contributed by atoms with Crippen LogP contribution in [0.2, 0.25) is 0 Å². The first-order valence-electron chi connectivity index (χ1n) is 6.67. The van der Waals surface area contributed by atoms with Gasteiger partial charge in [0.25, 0.3) is 0 Å². The van der Waals surface area contributed by atoms with Crippen molar-refractivity contribution in [2.75, 3.05) is 5.32 Å². The van der Waals surface area contributed by atoms with Crippen LogP contribution < -0.4 is 10.6 Å². The van der Waals surface area contributed by atoms with E-state index in [-0.39, 0.29) is 6.03 Å². The maximum Gasteiger partial charge on any atom is 0.328 e. The van der Waals surface area contributed by atoms with Gasteiger partial charge in [-0.05, 0) is 36.1 Å². The summed E-state index contributed by atoms with van der Waals surface area (Å²) >= 11 is 0. The number of rotatable bonds is 5. The highest BCUT2D eigenvalue weighted by molar-refractivity contribution is 5.90. The van der Waals surface area contributed by atoms with E-state index >= 15 is 0 Å². The van der Waals surface area contributed by atoms with Crippen molar-refractivity contribution in [3.63, 3.8) is 0 Å². The van der Waals surface area contributed by atoms with Crippen molar-refractivity contribution in [2.24, 2.45) is 5.92 Å². The van der Waals surface area contributed by atoms with Crippen molar-refractivity contribution in [1.29, 1.82) is 0 Å². The second-order valence-electron chi connectivity index (χ2n) is 4.90. The van der Waals surface area contributed by atoms with Crippen LogP contribution in [0.3, 0.4) is 0 Å². The number of carbonyl (C=O) groups excluding carboxylic acids is 1. The van der Waals surface area contributed by atoms with Gasteiger partial charge in [0.15, 0.2) is 0 Å². The number of carboxylic acids is 1. The van der Waals surface area contributed by atoms with E-state index in [1.54, 1.807) is 24.3 Å². The lowest BCUT2D eigenvalue weighted by Gasteiger charge is -2.07. The Bertz CT molecular complexity index is 522. The molecule has 0 radical (unpaired) electrons. The molecule has 2 atom stereocenters. The molecule has 1 fully saturated rings. The summed E-state index contributed by atoms with van der Waals surface area (Å²) in [5.41, 5.74) is 1.45. The van der Waals surface area contributed by atoms with Crippen molar-refractivity contribution in [2.45, 2.75) is 25.8 Å². The predicted molar refractivity (Wildman–Crippen MR) is 77.5 cm³/mol. The summed E-state index contributed by atoms with van der Waals surface area (Å²) in [6.45, 7) is 2.12. The van der Waals surface area contributed by atoms with Gasteiger partial charge in [0.05, 0.1) is 0 Å². The first-order chi connectivity index (χ1) is 9.58. The monoisotopic (exact) mass is 274 g/mol. The number of aliphatic carboxylic acids is 1. The van der Waals surface area contributed by atoms with E-state index in [9.17, 15) is 9.59 Å². The second-order valence-corrected chi connectivity index (χ2v) is 4.90. The molecule has 2 unspecified atom stereocenters. The number of amides is 2. The number of hydrogen-bond donors (Lipinski definition) is 3. The van der Waals surface area contributed by atoms with Gasteiger partial charge < -0.3 is 15.7 Å². The van der Waals surface area contributed by atoms with E-state index in [4.69, 9.17) is 5.11 Å². The highest BCUT2D eigenvalue weighted by atomic mass is 16.4. The van der Waals surface area contributed by atoms with Gasteiger partial charge in [0.1, 0.15) is 0 Å². The third-order valence-electron chi connectivity index (χ3n) is 3.35. The van der Waals surface area contributed by atoms with Crippen molar-refractivity contribution >= 4 is 23.8 Å². The molecule has 5 nitrogen and oxygen atoms in total. The summed E-state index contributed by atoms with van der Waals surface area (Å²) in [5, 5.41) is 14.2. The molecule has 1 aromatic rings. The lowest BCUT2D eigenvalue weighted by molar-refractivity contribution is -0.131. The molecule has 1 aliphatic carbocycles. The molecule has 1 saturated carbocycles. The normalized spacial score (nSPS) is 20.6. The maximum atomic E-state index is 11.7. The summed E-state index contributed by atoms with van der Waals surface area (Å²) in [5.74, 6) is -0.370. The molecule has 2 amide bonds. The molecule has 2 rings (SSSR count). The summed E-state index contributed by atoms with van der Waals surface area (Å²) in [6.07, 6.45) is 4.73. The Morgan fingerprint density at radius 3 is 2.60 bits per heavy atom. The molecule has 3 N–H and O–H groups in total. The molecule has 20 heavy (non-hydrogen) atoms. The lowest BCUT2D eigenvalue weighted by atomic mass is 10.2. The van der Waals surface area contributed by atoms with E-state index in [1.807, 2.05) is 0 Å². The third kappa shape index (κ3) is 4.12. The molecule has 5 heteroatoms.